The van der Waals surface area contributed by atoms with Crippen molar-refractivity contribution in [2.75, 3.05) is 6.61 Å². The Hall–Kier alpha value is -2.12. The Morgan fingerprint density at radius 3 is 2.10 bits per heavy atom. The first kappa shape index (κ1) is 31.6. The zero-order chi connectivity index (χ0) is 21.6. The van der Waals surface area contributed by atoms with Crippen LogP contribution in [0.15, 0.2) is 66.8 Å². The third-order valence-electron chi connectivity index (χ3n) is 3.79. The smallest absolute Gasteiger partial charge is 0 e. The van der Waals surface area contributed by atoms with Gasteiger partial charge in [0, 0.05) is 17.1 Å². The van der Waals surface area contributed by atoms with Gasteiger partial charge in [0.15, 0.2) is 0 Å². The first-order valence-electron chi connectivity index (χ1n) is 8.84. The Morgan fingerprint density at radius 1 is 0.897 bits per heavy atom. The first-order chi connectivity index (χ1) is 13.8. The van der Waals surface area contributed by atoms with Crippen LogP contribution in [0.1, 0.15) is 44.8 Å². The van der Waals surface area contributed by atoms with Gasteiger partial charge in [0.1, 0.15) is 0 Å². The molecule has 29 heavy (non-hydrogen) atoms. The summed E-state index contributed by atoms with van der Waals surface area (Å²) in [4.78, 5) is 0. The number of ether oxygens (including phenoxy) is 1. The van der Waals surface area contributed by atoms with E-state index < -0.39 is 0 Å². The van der Waals surface area contributed by atoms with Gasteiger partial charge in [-0.15, -0.1) is 0 Å². The van der Waals surface area contributed by atoms with Crippen molar-refractivity contribution in [3.63, 3.8) is 0 Å². The molecule has 0 aromatic heterocycles. The predicted octanol–water partition coefficient (Wildman–Crippen LogP) is 6.10. The monoisotopic (exact) mass is 434 g/mol. The van der Waals surface area contributed by atoms with Gasteiger partial charge in [-0.2, -0.15) is 0 Å². The number of hydrogen-bond donors (Lipinski definition) is 0. The first-order valence-corrected chi connectivity index (χ1v) is 8.84. The van der Waals surface area contributed by atoms with Gasteiger partial charge in [-0.05, 0) is 35.7 Å². The quantitative estimate of drug-likeness (QED) is 0.163. The molecule has 0 aliphatic rings. The summed E-state index contributed by atoms with van der Waals surface area (Å²) in [6.07, 6.45) is 12.3. The molecule has 0 saturated heterocycles. The third kappa shape index (κ3) is 14.5. The summed E-state index contributed by atoms with van der Waals surface area (Å²) in [5.41, 5.74) is 1.23. The van der Waals surface area contributed by atoms with Gasteiger partial charge in [0.05, 0.1) is 12.7 Å². The fourth-order valence-corrected chi connectivity index (χ4v) is 2.39. The second-order valence-corrected chi connectivity index (χ2v) is 5.58. The summed E-state index contributed by atoms with van der Waals surface area (Å²) in [5, 5.41) is 2.54. The van der Waals surface area contributed by atoms with Crippen molar-refractivity contribution >= 4 is 10.8 Å². The molecule has 0 unspecified atom stereocenters. The maximum Gasteiger partial charge on any atom is 0 e. The summed E-state index contributed by atoms with van der Waals surface area (Å²) in [5.74, 6) is 0. The van der Waals surface area contributed by atoms with E-state index in [1.165, 1.54) is 29.2 Å². The molecule has 0 fully saturated rings. The summed E-state index contributed by atoms with van der Waals surface area (Å²) >= 11 is 0. The Labute approximate surface area is 184 Å². The standard InChI is InChI=1S/C21H26O.3CO.Fe/c1-3-4-5-6-7-8-11-16-22-18(2)20-15-14-19-12-9-10-13-21(19)17-20;3*1-2;/h6-15,17-18H,3-5,16H2,1-2H3;;;;/b7-6+,11-8+;;;;/t18-;;;;/m1..../s1. The molecule has 0 aliphatic carbocycles. The molecule has 154 valence electrons. The predicted molar refractivity (Wildman–Crippen MR) is 108 cm³/mol. The number of unbranched alkanes of at least 4 members (excludes halogenated alkanes) is 2. The minimum Gasteiger partial charge on any atom is 0 e. The van der Waals surface area contributed by atoms with Crippen LogP contribution in [0.25, 0.3) is 10.8 Å². The van der Waals surface area contributed by atoms with E-state index in [9.17, 15) is 0 Å². The average molecular weight is 434 g/mol. The van der Waals surface area contributed by atoms with Crippen LogP contribution in [0.4, 0.5) is 0 Å². The van der Waals surface area contributed by atoms with Gasteiger partial charge < -0.3 is 4.74 Å². The molecule has 0 heterocycles. The Bertz CT molecular complexity index is 746. The van der Waals surface area contributed by atoms with Crippen molar-refractivity contribution < 1.29 is 35.8 Å². The van der Waals surface area contributed by atoms with Gasteiger partial charge in [0.25, 0.3) is 0 Å². The van der Waals surface area contributed by atoms with Gasteiger partial charge >= 0.3 is 33.9 Å². The van der Waals surface area contributed by atoms with E-state index in [2.05, 4.69) is 101 Å². The third-order valence-corrected chi connectivity index (χ3v) is 3.79. The van der Waals surface area contributed by atoms with E-state index in [1.54, 1.807) is 0 Å². The molecule has 0 radical (unpaired) electrons. The molecule has 0 saturated carbocycles. The van der Waals surface area contributed by atoms with Gasteiger partial charge in [0.2, 0.25) is 0 Å². The zero-order valence-electron chi connectivity index (χ0n) is 16.7. The molecule has 0 N–H and O–H groups in total. The van der Waals surface area contributed by atoms with Crippen molar-refractivity contribution in [1.82, 2.24) is 0 Å². The van der Waals surface area contributed by atoms with Gasteiger partial charge in [-0.25, -0.2) is 0 Å². The van der Waals surface area contributed by atoms with E-state index in [0.29, 0.717) is 6.61 Å². The van der Waals surface area contributed by atoms with E-state index >= 15 is 0 Å². The van der Waals surface area contributed by atoms with Crippen molar-refractivity contribution in [3.8, 4) is 0 Å². The van der Waals surface area contributed by atoms with Crippen LogP contribution in [0.5, 0.6) is 0 Å². The van der Waals surface area contributed by atoms with Crippen molar-refractivity contribution in [2.45, 2.75) is 39.2 Å². The number of allylic oxidation sites excluding steroid dienone is 3. The zero-order valence-corrected chi connectivity index (χ0v) is 17.8. The van der Waals surface area contributed by atoms with Crippen LogP contribution in [0, 0.1) is 20.0 Å². The Balaban J connectivity index is -0.000000883. The summed E-state index contributed by atoms with van der Waals surface area (Å²) in [7, 11) is 0. The van der Waals surface area contributed by atoms with E-state index in [0.717, 1.165) is 6.42 Å². The fraction of sp³-hybridized carbons (Fsp3) is 0.292. The molecule has 5 heteroatoms. The summed E-state index contributed by atoms with van der Waals surface area (Å²) in [6, 6.07) is 15.0. The van der Waals surface area contributed by atoms with Crippen molar-refractivity contribution in [3.05, 3.63) is 92.3 Å². The normalized spacial score (nSPS) is 10.3. The molecule has 2 aromatic carbocycles. The molecular weight excluding hydrogens is 408 g/mol. The number of rotatable bonds is 8. The molecule has 2 rings (SSSR count). The van der Waals surface area contributed by atoms with Crippen LogP contribution < -0.4 is 0 Å². The Kier molecular flexibility index (Phi) is 26.0. The van der Waals surface area contributed by atoms with E-state index in [1.807, 2.05) is 0 Å². The van der Waals surface area contributed by atoms with Crippen LogP contribution in [0.2, 0.25) is 0 Å². The second kappa shape index (κ2) is 23.9. The maximum absolute atomic E-state index is 7.50. The molecule has 0 aliphatic heterocycles. The van der Waals surface area contributed by atoms with E-state index in [-0.39, 0.29) is 23.2 Å². The largest absolute Gasteiger partial charge is 0 e. The fourth-order valence-electron chi connectivity index (χ4n) is 2.39. The van der Waals surface area contributed by atoms with Gasteiger partial charge in [-0.3, -0.25) is 0 Å². The molecule has 0 amide bonds. The average Bonchev–Trinajstić information content (AvgIpc) is 2.79. The summed E-state index contributed by atoms with van der Waals surface area (Å²) < 4.78 is 28.4. The van der Waals surface area contributed by atoms with Crippen LogP contribution in [-0.4, -0.2) is 6.61 Å². The second-order valence-electron chi connectivity index (χ2n) is 5.58. The summed E-state index contributed by atoms with van der Waals surface area (Å²) in [6.45, 7) is 18.5. The molecule has 0 spiro atoms. The molecular formula is C24H26FeO4. The minimum absolute atomic E-state index is 0. The van der Waals surface area contributed by atoms with Crippen LogP contribution in [-0.2, 0) is 35.8 Å². The number of hydrogen-bond acceptors (Lipinski definition) is 1. The Morgan fingerprint density at radius 2 is 1.48 bits per heavy atom. The topological polar surface area (TPSA) is 68.9 Å². The van der Waals surface area contributed by atoms with Crippen molar-refractivity contribution in [2.24, 2.45) is 0 Å². The number of benzene rings is 2. The van der Waals surface area contributed by atoms with E-state index in [4.69, 9.17) is 18.7 Å². The van der Waals surface area contributed by atoms with Crippen LogP contribution in [0.3, 0.4) is 0 Å². The molecule has 1 atom stereocenters. The molecule has 0 bridgehead atoms. The molecule has 2 aromatic rings. The van der Waals surface area contributed by atoms with Crippen molar-refractivity contribution in [1.29, 1.82) is 0 Å². The number of fused-ring (bicyclic) bond motifs is 1. The minimum atomic E-state index is 0. The maximum atomic E-state index is 7.50. The van der Waals surface area contributed by atoms with Gasteiger partial charge in [-0.1, -0.05) is 80.5 Å². The SMILES string of the molecule is CCCC/C=C/C=C/CO[C@H](C)c1ccc2ccccc2c1.[C-]#[O+].[C-]#[O+].[C-]#[O+].[Fe]. The van der Waals surface area contributed by atoms with Crippen LogP contribution >= 0.6 is 0 Å². The molecule has 4 nitrogen and oxygen atoms in total.